The van der Waals surface area contributed by atoms with Crippen molar-refractivity contribution in [2.45, 2.75) is 17.6 Å². The van der Waals surface area contributed by atoms with Gasteiger partial charge in [-0.3, -0.25) is 13.8 Å². The Morgan fingerprint density at radius 1 is 1.05 bits per heavy atom. The molecule has 0 spiro atoms. The maximum absolute atomic E-state index is 13.9. The molecule has 0 radical (unpaired) electrons. The minimum atomic E-state index is -4.98. The van der Waals surface area contributed by atoms with E-state index in [1.807, 2.05) is 0 Å². The van der Waals surface area contributed by atoms with E-state index in [1.165, 1.54) is 24.3 Å². The van der Waals surface area contributed by atoms with Gasteiger partial charge < -0.3 is 0 Å². The number of halogens is 5. The van der Waals surface area contributed by atoms with Crippen molar-refractivity contribution in [1.82, 2.24) is 10.1 Å². The van der Waals surface area contributed by atoms with Gasteiger partial charge in [-0.2, -0.15) is 13.2 Å². The Balaban J connectivity index is 1.62. The van der Waals surface area contributed by atoms with Crippen LogP contribution in [0.25, 0.3) is 21.5 Å². The number of thiophene rings is 1. The molecule has 0 aliphatic carbocycles. The first-order valence-electron chi connectivity index (χ1n) is 10.7. The van der Waals surface area contributed by atoms with E-state index in [0.717, 1.165) is 21.7 Å². The van der Waals surface area contributed by atoms with Crippen LogP contribution in [-0.2, 0) is 22.7 Å². The Bertz CT molecular complexity index is 1810. The van der Waals surface area contributed by atoms with Crippen molar-refractivity contribution in [3.8, 4) is 11.4 Å². The molecule has 0 saturated carbocycles. The molecule has 2 aromatic heterocycles. The van der Waals surface area contributed by atoms with Crippen molar-refractivity contribution in [2.75, 3.05) is 4.31 Å². The largest absolute Gasteiger partial charge is 0.439 e. The third-order valence-electron chi connectivity index (χ3n) is 5.56. The molecule has 0 fully saturated rings. The Labute approximate surface area is 220 Å². The van der Waals surface area contributed by atoms with Crippen molar-refractivity contribution in [1.29, 1.82) is 0 Å². The summed E-state index contributed by atoms with van der Waals surface area (Å²) in [6.07, 6.45) is -4.98. The average molecular weight is 584 g/mol. The second kappa shape index (κ2) is 9.57. The van der Waals surface area contributed by atoms with Crippen LogP contribution in [0.4, 0.5) is 22.6 Å². The lowest BCUT2D eigenvalue weighted by Gasteiger charge is -2.24. The molecule has 5 rings (SSSR count). The van der Waals surface area contributed by atoms with Gasteiger partial charge in [-0.25, -0.2) is 17.6 Å². The quantitative estimate of drug-likeness (QED) is 0.232. The second-order valence-corrected chi connectivity index (χ2v) is 11.3. The van der Waals surface area contributed by atoms with Crippen molar-refractivity contribution in [3.63, 3.8) is 0 Å². The zero-order chi connectivity index (χ0) is 27.2. The van der Waals surface area contributed by atoms with E-state index in [1.54, 1.807) is 24.3 Å². The number of rotatable bonds is 6. The van der Waals surface area contributed by atoms with Crippen molar-refractivity contribution < 1.29 is 30.5 Å². The van der Waals surface area contributed by atoms with E-state index in [2.05, 4.69) is 14.7 Å². The predicted molar refractivity (Wildman–Crippen MR) is 134 cm³/mol. The molecule has 7 nitrogen and oxygen atoms in total. The van der Waals surface area contributed by atoms with Crippen LogP contribution in [0.2, 0.25) is 5.02 Å². The van der Waals surface area contributed by atoms with Crippen LogP contribution in [-0.4, -0.2) is 18.6 Å². The van der Waals surface area contributed by atoms with Gasteiger partial charge in [-0.15, -0.1) is 11.3 Å². The van der Waals surface area contributed by atoms with Crippen LogP contribution >= 0.6 is 22.9 Å². The molecular weight excluding hydrogens is 570 g/mol. The first kappa shape index (κ1) is 25.9. The molecule has 5 aromatic rings. The molecule has 2 heterocycles. The third kappa shape index (κ3) is 4.79. The number of sulfonamides is 1. The number of benzene rings is 3. The van der Waals surface area contributed by atoms with E-state index in [0.29, 0.717) is 27.8 Å². The van der Waals surface area contributed by atoms with Crippen molar-refractivity contribution in [3.05, 3.63) is 99.2 Å². The summed E-state index contributed by atoms with van der Waals surface area (Å²) in [5.41, 5.74) is -1.26. The summed E-state index contributed by atoms with van der Waals surface area (Å²) in [6.45, 7) is -0.559. The van der Waals surface area contributed by atoms with Crippen LogP contribution in [0.3, 0.4) is 0 Å². The monoisotopic (exact) mass is 583 g/mol. The number of aromatic amines is 1. The molecule has 0 amide bonds. The minimum absolute atomic E-state index is 0.0781. The molecule has 0 atom stereocenters. The van der Waals surface area contributed by atoms with Crippen LogP contribution in [0.1, 0.15) is 11.1 Å². The highest BCUT2D eigenvalue weighted by molar-refractivity contribution is 7.93. The second-order valence-electron chi connectivity index (χ2n) is 8.01. The van der Waals surface area contributed by atoms with Crippen LogP contribution in [0, 0.1) is 5.82 Å². The first-order valence-corrected chi connectivity index (χ1v) is 13.3. The zero-order valence-electron chi connectivity index (χ0n) is 18.8. The van der Waals surface area contributed by atoms with Gasteiger partial charge in [-0.1, -0.05) is 41.0 Å². The minimum Gasteiger partial charge on any atom is -0.296 e. The van der Waals surface area contributed by atoms with Gasteiger partial charge in [0.05, 0.1) is 22.0 Å². The molecule has 196 valence electrons. The molecule has 14 heteroatoms. The van der Waals surface area contributed by atoms with Gasteiger partial charge in [-0.05, 0) is 48.0 Å². The molecule has 0 saturated heterocycles. The number of nitrogens with one attached hydrogen (secondary N) is 1. The molecule has 1 N–H and O–H groups in total. The first-order chi connectivity index (χ1) is 17.9. The fraction of sp³-hybridized carbons (Fsp3) is 0.0833. The molecule has 38 heavy (non-hydrogen) atoms. The molecule has 0 bridgehead atoms. The number of anilines is 1. The standard InChI is InChI=1S/C24H14ClF4N3O4S2/c25-20-16-3-1-2-4-19(16)37-22(20)32(12-13-5-10-18(26)17(11-13)24(27,28)29)38(34,35)15-8-6-14(7-9-15)21-30-23(33)36-31-21/h1-11H,12H2,(H,30,31,33). The number of aromatic nitrogens is 2. The molecule has 0 unspecified atom stereocenters. The number of fused-ring (bicyclic) bond motifs is 1. The highest BCUT2D eigenvalue weighted by Gasteiger charge is 2.35. The van der Waals surface area contributed by atoms with E-state index >= 15 is 0 Å². The van der Waals surface area contributed by atoms with Crippen LogP contribution in [0.15, 0.2) is 80.9 Å². The van der Waals surface area contributed by atoms with Gasteiger partial charge in [0.1, 0.15) is 10.8 Å². The highest BCUT2D eigenvalue weighted by atomic mass is 35.5. The van der Waals surface area contributed by atoms with Gasteiger partial charge >= 0.3 is 11.9 Å². The van der Waals surface area contributed by atoms with Gasteiger partial charge in [0, 0.05) is 15.6 Å². The third-order valence-corrected chi connectivity index (χ3v) is 9.13. The maximum atomic E-state index is 13.9. The SMILES string of the molecule is O=c1[nH]c(-c2ccc(S(=O)(=O)N(Cc3ccc(F)c(C(F)(F)F)c3)c3sc4ccccc4c3Cl)cc2)no1. The zero-order valence-corrected chi connectivity index (χ0v) is 21.2. The van der Waals surface area contributed by atoms with Gasteiger partial charge in [0.2, 0.25) is 0 Å². The summed E-state index contributed by atoms with van der Waals surface area (Å²) in [7, 11) is -4.41. The molecule has 0 aliphatic heterocycles. The fourth-order valence-corrected chi connectivity index (χ4v) is 7.01. The normalized spacial score (nSPS) is 12.2. The number of nitrogens with zero attached hydrogens (tertiary/aromatic N) is 2. The summed E-state index contributed by atoms with van der Waals surface area (Å²) < 4.78 is 87.7. The molecular formula is C24H14ClF4N3O4S2. The maximum Gasteiger partial charge on any atom is 0.439 e. The van der Waals surface area contributed by atoms with Crippen LogP contribution < -0.4 is 10.1 Å². The number of H-pyrrole nitrogens is 1. The summed E-state index contributed by atoms with van der Waals surface area (Å²) in [4.78, 5) is 13.4. The smallest absolute Gasteiger partial charge is 0.296 e. The van der Waals surface area contributed by atoms with E-state index in [-0.39, 0.29) is 26.3 Å². The number of alkyl halides is 3. The summed E-state index contributed by atoms with van der Waals surface area (Å²) in [6, 6.07) is 14.4. The predicted octanol–water partition coefficient (Wildman–Crippen LogP) is 6.45. The lowest BCUT2D eigenvalue weighted by molar-refractivity contribution is -0.140. The Morgan fingerprint density at radius 3 is 2.39 bits per heavy atom. The Kier molecular flexibility index (Phi) is 6.53. The summed E-state index contributed by atoms with van der Waals surface area (Å²) in [5.74, 6) is -2.19. The highest BCUT2D eigenvalue weighted by Crippen LogP contribution is 2.44. The Morgan fingerprint density at radius 2 is 1.76 bits per heavy atom. The van der Waals surface area contributed by atoms with Gasteiger partial charge in [0.15, 0.2) is 5.82 Å². The summed E-state index contributed by atoms with van der Waals surface area (Å²) in [5, 5.41) is 4.29. The number of hydrogen-bond acceptors (Lipinski definition) is 6. The lowest BCUT2D eigenvalue weighted by Crippen LogP contribution is -2.30. The Hall–Kier alpha value is -3.68. The fourth-order valence-electron chi connectivity index (χ4n) is 3.75. The van der Waals surface area contributed by atoms with E-state index in [9.17, 15) is 30.8 Å². The van der Waals surface area contributed by atoms with Crippen LogP contribution in [0.5, 0.6) is 0 Å². The van der Waals surface area contributed by atoms with Gasteiger partial charge in [0.25, 0.3) is 10.0 Å². The van der Waals surface area contributed by atoms with Crippen molar-refractivity contribution in [2.24, 2.45) is 0 Å². The molecule has 0 aliphatic rings. The van der Waals surface area contributed by atoms with Crippen molar-refractivity contribution >= 4 is 48.0 Å². The topological polar surface area (TPSA) is 96.3 Å². The average Bonchev–Trinajstić information content (AvgIpc) is 3.46. The lowest BCUT2D eigenvalue weighted by atomic mass is 10.1. The molecule has 3 aromatic carbocycles. The number of hydrogen-bond donors (Lipinski definition) is 1. The van der Waals surface area contributed by atoms with E-state index in [4.69, 9.17) is 11.6 Å². The summed E-state index contributed by atoms with van der Waals surface area (Å²) >= 11 is 7.61. The van der Waals surface area contributed by atoms with E-state index < -0.39 is 39.9 Å².